The molecule has 214 valence electrons. The Morgan fingerprint density at radius 1 is 0.974 bits per heavy atom. The van der Waals surface area contributed by atoms with Gasteiger partial charge in [-0.25, -0.2) is 0 Å². The minimum absolute atomic E-state index is 0.0106. The molecule has 0 unspecified atom stereocenters. The van der Waals surface area contributed by atoms with E-state index in [0.29, 0.717) is 36.5 Å². The van der Waals surface area contributed by atoms with Crippen LogP contribution in [-0.4, -0.2) is 29.7 Å². The van der Waals surface area contributed by atoms with E-state index >= 15 is 0 Å². The molecular weight excluding hydrogens is 490 g/mol. The van der Waals surface area contributed by atoms with E-state index in [1.807, 2.05) is 0 Å². The van der Waals surface area contributed by atoms with Crippen molar-refractivity contribution in [2.75, 3.05) is 6.54 Å². The Morgan fingerprint density at radius 3 is 2.26 bits per heavy atom. The molecule has 0 bridgehead atoms. The standard InChI is InChI=1S/C33H53NO3S/c1-19(2)27-22(36)17-33(26(38)18-34)16-15-31(7)21(28(27)33)9-10-24-30(6)13-12-25(37-20(3)35)29(4,5)23(30)11-14-32(24,31)8/h19,21,23-26,38H,9-18,34H2,1-8H3/t21-,23+,24-,25+,26+,30+,31-,32-,33+/m1/s1. The molecule has 0 amide bonds. The van der Waals surface area contributed by atoms with Gasteiger partial charge in [-0.1, -0.05) is 54.0 Å². The van der Waals surface area contributed by atoms with E-state index in [1.54, 1.807) is 6.92 Å². The monoisotopic (exact) mass is 543 g/mol. The van der Waals surface area contributed by atoms with Crippen LogP contribution in [0.15, 0.2) is 11.1 Å². The van der Waals surface area contributed by atoms with Crippen LogP contribution in [0.5, 0.6) is 0 Å². The highest BCUT2D eigenvalue weighted by Gasteiger charge is 2.70. The number of allylic oxidation sites excluding steroid dienone is 2. The van der Waals surface area contributed by atoms with E-state index in [4.69, 9.17) is 23.1 Å². The maximum Gasteiger partial charge on any atom is 0.302 e. The number of thiol groups is 1. The highest BCUT2D eigenvalue weighted by atomic mass is 32.1. The molecule has 9 atom stereocenters. The Hall–Kier alpha value is -0.810. The molecule has 5 aliphatic carbocycles. The number of Topliss-reactive ketones (excluding diaryl/α,β-unsaturated/α-hetero) is 1. The van der Waals surface area contributed by atoms with Gasteiger partial charge < -0.3 is 10.5 Å². The van der Waals surface area contributed by atoms with Gasteiger partial charge in [-0.2, -0.15) is 12.6 Å². The fourth-order valence-electron chi connectivity index (χ4n) is 11.7. The zero-order valence-electron chi connectivity index (χ0n) is 25.3. The van der Waals surface area contributed by atoms with Gasteiger partial charge in [-0.05, 0) is 96.9 Å². The highest BCUT2D eigenvalue weighted by molar-refractivity contribution is 7.81. The Bertz CT molecular complexity index is 1050. The second-order valence-electron chi connectivity index (χ2n) is 15.6. The molecule has 2 N–H and O–H groups in total. The molecule has 0 radical (unpaired) electrons. The maximum absolute atomic E-state index is 13.6. The molecule has 0 saturated heterocycles. The van der Waals surface area contributed by atoms with Crippen molar-refractivity contribution in [2.24, 2.45) is 56.5 Å². The quantitative estimate of drug-likeness (QED) is 0.292. The maximum atomic E-state index is 13.6. The SMILES string of the molecule is CC(=O)O[C@H]1CC[C@]2(C)[C@H]3CC[C@@H]4C5=C(C(C)C)C(=O)C[C@]5([C@@H](S)CN)CC[C@@]4(C)[C@]3(C)CC[C@H]2C1(C)C. The number of ether oxygens (including phenoxy) is 1. The molecule has 0 aromatic carbocycles. The number of nitrogens with two attached hydrogens (primary N) is 1. The van der Waals surface area contributed by atoms with E-state index < -0.39 is 0 Å². The summed E-state index contributed by atoms with van der Waals surface area (Å²) >= 11 is 5.06. The number of fused-ring (bicyclic) bond motifs is 7. The van der Waals surface area contributed by atoms with Gasteiger partial charge in [0.15, 0.2) is 5.78 Å². The average Bonchev–Trinajstić information content (AvgIpc) is 3.14. The van der Waals surface area contributed by atoms with Gasteiger partial charge in [0.2, 0.25) is 0 Å². The summed E-state index contributed by atoms with van der Waals surface area (Å²) in [5, 5.41) is 0.0402. The molecule has 5 rings (SSSR count). The van der Waals surface area contributed by atoms with Gasteiger partial charge >= 0.3 is 5.97 Å². The first-order valence-corrected chi connectivity index (χ1v) is 15.9. The van der Waals surface area contributed by atoms with Gasteiger partial charge in [-0.3, -0.25) is 9.59 Å². The van der Waals surface area contributed by atoms with E-state index in [1.165, 1.54) is 31.3 Å². The van der Waals surface area contributed by atoms with Gasteiger partial charge in [0, 0.05) is 36.0 Å². The number of hydrogen-bond donors (Lipinski definition) is 2. The van der Waals surface area contributed by atoms with Gasteiger partial charge in [-0.15, -0.1) is 0 Å². The Labute approximate surface area is 237 Å². The van der Waals surface area contributed by atoms with Crippen molar-refractivity contribution >= 4 is 24.4 Å². The molecule has 5 heteroatoms. The highest BCUT2D eigenvalue weighted by Crippen LogP contribution is 2.77. The van der Waals surface area contributed by atoms with Crippen LogP contribution >= 0.6 is 12.6 Å². The van der Waals surface area contributed by atoms with Crippen molar-refractivity contribution in [1.82, 2.24) is 0 Å². The molecule has 38 heavy (non-hydrogen) atoms. The predicted molar refractivity (Wildman–Crippen MR) is 157 cm³/mol. The summed E-state index contributed by atoms with van der Waals surface area (Å²) in [6.07, 6.45) is 9.70. The summed E-state index contributed by atoms with van der Waals surface area (Å²) in [4.78, 5) is 25.5. The van der Waals surface area contributed by atoms with Crippen molar-refractivity contribution in [3.05, 3.63) is 11.1 Å². The number of hydrogen-bond acceptors (Lipinski definition) is 5. The molecule has 0 aromatic rings. The summed E-state index contributed by atoms with van der Waals surface area (Å²) in [5.74, 6) is 2.09. The fourth-order valence-corrected chi connectivity index (χ4v) is 12.1. The number of rotatable bonds is 4. The van der Waals surface area contributed by atoms with Crippen molar-refractivity contribution in [2.45, 2.75) is 125 Å². The Balaban J connectivity index is 1.57. The Kier molecular flexibility index (Phi) is 6.87. The van der Waals surface area contributed by atoms with Crippen LogP contribution in [0.2, 0.25) is 0 Å². The van der Waals surface area contributed by atoms with Crippen LogP contribution in [0.1, 0.15) is 113 Å². The third-order valence-electron chi connectivity index (χ3n) is 13.6. The molecule has 0 aromatic heterocycles. The summed E-state index contributed by atoms with van der Waals surface area (Å²) in [7, 11) is 0. The Morgan fingerprint density at radius 2 is 1.66 bits per heavy atom. The third kappa shape index (κ3) is 3.58. The summed E-state index contributed by atoms with van der Waals surface area (Å²) in [5.41, 5.74) is 9.30. The van der Waals surface area contributed by atoms with Crippen molar-refractivity contribution in [3.8, 4) is 0 Å². The van der Waals surface area contributed by atoms with Crippen LogP contribution in [0.25, 0.3) is 0 Å². The lowest BCUT2D eigenvalue weighted by Gasteiger charge is -2.72. The first kappa shape index (κ1) is 28.7. The van der Waals surface area contributed by atoms with Crippen LogP contribution < -0.4 is 5.73 Å². The number of carbonyl (C=O) groups excluding carboxylic acids is 2. The normalized spacial score (nSPS) is 46.7. The predicted octanol–water partition coefficient (Wildman–Crippen LogP) is 7.16. The molecule has 0 aliphatic heterocycles. The fraction of sp³-hybridized carbons (Fsp3) is 0.879. The molecule has 4 saturated carbocycles. The van der Waals surface area contributed by atoms with Crippen molar-refractivity contribution < 1.29 is 14.3 Å². The minimum Gasteiger partial charge on any atom is -0.462 e. The van der Waals surface area contributed by atoms with E-state index in [2.05, 4.69) is 48.5 Å². The van der Waals surface area contributed by atoms with Crippen LogP contribution in [0.4, 0.5) is 0 Å². The molecule has 0 heterocycles. The number of carbonyl (C=O) groups is 2. The van der Waals surface area contributed by atoms with E-state index in [0.717, 1.165) is 31.3 Å². The zero-order valence-corrected chi connectivity index (χ0v) is 26.2. The second-order valence-corrected chi connectivity index (χ2v) is 16.2. The minimum atomic E-state index is -0.160. The first-order chi connectivity index (χ1) is 17.6. The topological polar surface area (TPSA) is 69.4 Å². The number of esters is 1. The average molecular weight is 544 g/mol. The summed E-state index contributed by atoms with van der Waals surface area (Å²) in [6.45, 7) is 19.0. The van der Waals surface area contributed by atoms with E-state index in [-0.39, 0.29) is 50.3 Å². The molecule has 4 nitrogen and oxygen atoms in total. The van der Waals surface area contributed by atoms with E-state index in [9.17, 15) is 9.59 Å². The number of ketones is 1. The summed E-state index contributed by atoms with van der Waals surface area (Å²) in [6, 6.07) is 0. The van der Waals surface area contributed by atoms with Crippen LogP contribution in [0.3, 0.4) is 0 Å². The van der Waals surface area contributed by atoms with Gasteiger partial charge in [0.1, 0.15) is 6.10 Å². The lowest BCUT2D eigenvalue weighted by Crippen LogP contribution is -2.66. The lowest BCUT2D eigenvalue weighted by atomic mass is 9.33. The van der Waals surface area contributed by atoms with Gasteiger partial charge in [0.05, 0.1) is 0 Å². The lowest BCUT2D eigenvalue weighted by molar-refractivity contribution is -0.232. The molecule has 5 aliphatic rings. The molecule has 4 fully saturated rings. The smallest absolute Gasteiger partial charge is 0.302 e. The molecular formula is C33H53NO3S. The van der Waals surface area contributed by atoms with Crippen LogP contribution in [-0.2, 0) is 14.3 Å². The first-order valence-electron chi connectivity index (χ1n) is 15.4. The summed E-state index contributed by atoms with van der Waals surface area (Å²) < 4.78 is 5.91. The molecule has 0 spiro atoms. The third-order valence-corrected chi connectivity index (χ3v) is 14.3. The van der Waals surface area contributed by atoms with Crippen LogP contribution in [0, 0.1) is 50.7 Å². The zero-order chi connectivity index (χ0) is 28.1. The largest absolute Gasteiger partial charge is 0.462 e. The second kappa shape index (κ2) is 9.10. The van der Waals surface area contributed by atoms with Crippen molar-refractivity contribution in [3.63, 3.8) is 0 Å². The van der Waals surface area contributed by atoms with Crippen molar-refractivity contribution in [1.29, 1.82) is 0 Å². The van der Waals surface area contributed by atoms with Gasteiger partial charge in [0.25, 0.3) is 0 Å².